The van der Waals surface area contributed by atoms with Crippen LogP contribution in [0.1, 0.15) is 140 Å². The molecule has 1 amide bonds. The Morgan fingerprint density at radius 3 is 1.85 bits per heavy atom. The average Bonchev–Trinajstić information content (AvgIpc) is 3.08. The van der Waals surface area contributed by atoms with Crippen molar-refractivity contribution in [2.24, 2.45) is 5.92 Å². The van der Waals surface area contributed by atoms with Gasteiger partial charge in [-0.05, 0) is 49.2 Å². The van der Waals surface area contributed by atoms with E-state index < -0.39 is 12.3 Å². The summed E-state index contributed by atoms with van der Waals surface area (Å²) in [6.07, 6.45) is 14.2. The first-order valence-corrected chi connectivity index (χ1v) is 18.2. The lowest BCUT2D eigenvalue weighted by atomic mass is 9.90. The molecule has 2 aromatic rings. The van der Waals surface area contributed by atoms with E-state index in [2.05, 4.69) is 31.0 Å². The third-order valence-electron chi connectivity index (χ3n) is 9.25. The van der Waals surface area contributed by atoms with Gasteiger partial charge in [-0.3, -0.25) is 9.59 Å². The van der Waals surface area contributed by atoms with Crippen molar-refractivity contribution in [2.45, 2.75) is 136 Å². The number of nitrogens with zero attached hydrogens (tertiary/aromatic N) is 1. The number of anilines is 1. The van der Waals surface area contributed by atoms with Crippen LogP contribution in [-0.2, 0) is 25.7 Å². The number of amides is 1. The molecule has 1 fully saturated rings. The molecule has 1 heterocycles. The van der Waals surface area contributed by atoms with Gasteiger partial charge >= 0.3 is 5.97 Å². The molecule has 0 radical (unpaired) electrons. The molecule has 0 aromatic heterocycles. The number of aliphatic hydroxyl groups is 1. The molecule has 0 unspecified atom stereocenters. The fourth-order valence-corrected chi connectivity index (χ4v) is 6.28. The zero-order chi connectivity index (χ0) is 33.9. The highest BCUT2D eigenvalue weighted by Crippen LogP contribution is 2.42. The Labute approximate surface area is 283 Å². The van der Waals surface area contributed by atoms with E-state index in [4.69, 9.17) is 14.6 Å². The van der Waals surface area contributed by atoms with E-state index in [1.54, 1.807) is 0 Å². The molecule has 8 heteroatoms. The van der Waals surface area contributed by atoms with E-state index in [0.29, 0.717) is 5.69 Å². The summed E-state index contributed by atoms with van der Waals surface area (Å²) < 4.78 is 13.4. The van der Waals surface area contributed by atoms with Gasteiger partial charge in [-0.15, -0.1) is 0 Å². The Morgan fingerprint density at radius 2 is 1.30 bits per heavy atom. The third kappa shape index (κ3) is 14.1. The van der Waals surface area contributed by atoms with Crippen molar-refractivity contribution in [3.63, 3.8) is 0 Å². The number of aliphatic hydroxyl groups excluding tert-OH is 1. The summed E-state index contributed by atoms with van der Waals surface area (Å²) in [6.45, 7) is 9.73. The van der Waals surface area contributed by atoms with Gasteiger partial charge in [0.15, 0.2) is 6.29 Å². The Hall–Kier alpha value is -2.78. The van der Waals surface area contributed by atoms with E-state index in [1.807, 2.05) is 48.5 Å². The number of benzene rings is 2. The Balaban J connectivity index is 1.75. The van der Waals surface area contributed by atoms with Gasteiger partial charge in [0, 0.05) is 30.1 Å². The first-order valence-electron chi connectivity index (χ1n) is 18.2. The molecular formula is C39H60N2O6. The maximum Gasteiger partial charge on any atom is 0.303 e. The van der Waals surface area contributed by atoms with Crippen LogP contribution in [-0.4, -0.2) is 52.7 Å². The zero-order valence-electron chi connectivity index (χ0n) is 29.1. The van der Waals surface area contributed by atoms with Crippen LogP contribution in [0.4, 0.5) is 5.69 Å². The number of carbonyl (C=O) groups is 2. The van der Waals surface area contributed by atoms with Gasteiger partial charge in [-0.2, -0.15) is 0 Å². The van der Waals surface area contributed by atoms with Crippen molar-refractivity contribution in [1.29, 1.82) is 0 Å². The highest BCUT2D eigenvalue weighted by molar-refractivity contribution is 5.92. The standard InChI is InChI=1S/C39H60N2O6/c1-4-6-8-10-12-14-26-41(27-15-13-11-9-7-5-2)28-35-30(3)38(32-18-16-31(29-42)17-19-32)47-39(46-35)33-20-22-34(23-21-33)40-36(43)24-25-37(44)45/h16-23,30,35,38-39,42H,4-15,24-29H2,1-3H3,(H,40,43)(H,44,45)/t30-,35+,38+,39+/m1/s1. The molecular weight excluding hydrogens is 592 g/mol. The number of aliphatic carboxylic acids is 1. The minimum absolute atomic E-state index is 0.000756. The van der Waals surface area contributed by atoms with E-state index in [1.165, 1.54) is 77.0 Å². The molecule has 0 bridgehead atoms. The van der Waals surface area contributed by atoms with Crippen LogP contribution in [0, 0.1) is 5.92 Å². The highest BCUT2D eigenvalue weighted by atomic mass is 16.7. The quantitative estimate of drug-likeness (QED) is 0.103. The number of carbonyl (C=O) groups excluding carboxylic acids is 1. The van der Waals surface area contributed by atoms with Gasteiger partial charge in [-0.25, -0.2) is 0 Å². The number of nitrogens with one attached hydrogen (secondary N) is 1. The van der Waals surface area contributed by atoms with Crippen LogP contribution in [0.2, 0.25) is 0 Å². The van der Waals surface area contributed by atoms with Gasteiger partial charge in [0.2, 0.25) is 5.91 Å². The fourth-order valence-electron chi connectivity index (χ4n) is 6.28. The van der Waals surface area contributed by atoms with Gasteiger partial charge in [0.25, 0.3) is 0 Å². The van der Waals surface area contributed by atoms with Crippen molar-refractivity contribution in [1.82, 2.24) is 4.90 Å². The lowest BCUT2D eigenvalue weighted by Crippen LogP contribution is -2.45. The number of hydrogen-bond donors (Lipinski definition) is 3. The van der Waals surface area contributed by atoms with Crippen LogP contribution >= 0.6 is 0 Å². The summed E-state index contributed by atoms with van der Waals surface area (Å²) in [5.74, 6) is -1.22. The largest absolute Gasteiger partial charge is 0.481 e. The topological polar surface area (TPSA) is 108 Å². The maximum absolute atomic E-state index is 12.2. The minimum atomic E-state index is -0.996. The summed E-state index contributed by atoms with van der Waals surface area (Å²) in [4.78, 5) is 25.6. The second kappa shape index (κ2) is 22.0. The molecule has 1 aliphatic heterocycles. The molecule has 0 aliphatic carbocycles. The van der Waals surface area contributed by atoms with Gasteiger partial charge in [0.05, 0.1) is 25.2 Å². The first kappa shape index (κ1) is 38.7. The number of hydrogen-bond acceptors (Lipinski definition) is 6. The zero-order valence-corrected chi connectivity index (χ0v) is 29.1. The smallest absolute Gasteiger partial charge is 0.303 e. The lowest BCUT2D eigenvalue weighted by molar-refractivity contribution is -0.276. The average molecular weight is 653 g/mol. The monoisotopic (exact) mass is 652 g/mol. The number of unbranched alkanes of at least 4 members (excludes halogenated alkanes) is 10. The molecule has 2 aromatic carbocycles. The predicted octanol–water partition coefficient (Wildman–Crippen LogP) is 8.80. The summed E-state index contributed by atoms with van der Waals surface area (Å²) >= 11 is 0. The number of carboxylic acids is 1. The van der Waals surface area contributed by atoms with Gasteiger partial charge in [0.1, 0.15) is 0 Å². The summed E-state index contributed by atoms with van der Waals surface area (Å²) in [6, 6.07) is 15.4. The molecule has 3 rings (SSSR count). The minimum Gasteiger partial charge on any atom is -0.481 e. The second-order valence-corrected chi connectivity index (χ2v) is 13.2. The van der Waals surface area contributed by atoms with Gasteiger partial charge in [-0.1, -0.05) is 121 Å². The highest BCUT2D eigenvalue weighted by Gasteiger charge is 2.39. The summed E-state index contributed by atoms with van der Waals surface area (Å²) in [5.41, 5.74) is 3.39. The van der Waals surface area contributed by atoms with Crippen molar-refractivity contribution in [3.8, 4) is 0 Å². The Kier molecular flexibility index (Phi) is 18.1. The Morgan fingerprint density at radius 1 is 0.745 bits per heavy atom. The summed E-state index contributed by atoms with van der Waals surface area (Å²) in [5, 5.41) is 21.3. The van der Waals surface area contributed by atoms with E-state index in [0.717, 1.165) is 36.3 Å². The molecule has 3 N–H and O–H groups in total. The van der Waals surface area contributed by atoms with E-state index in [9.17, 15) is 14.7 Å². The third-order valence-corrected chi connectivity index (χ3v) is 9.25. The Bertz CT molecular complexity index is 1140. The number of rotatable bonds is 23. The van der Waals surface area contributed by atoms with Crippen LogP contribution in [0.25, 0.3) is 0 Å². The molecule has 8 nitrogen and oxygen atoms in total. The van der Waals surface area contributed by atoms with Crippen LogP contribution < -0.4 is 5.32 Å². The molecule has 1 aliphatic rings. The van der Waals surface area contributed by atoms with E-state index >= 15 is 0 Å². The number of carboxylic acid groups (broad SMARTS) is 1. The van der Waals surface area contributed by atoms with Crippen LogP contribution in [0.3, 0.4) is 0 Å². The predicted molar refractivity (Wildman–Crippen MR) is 188 cm³/mol. The maximum atomic E-state index is 12.2. The fraction of sp³-hybridized carbons (Fsp3) is 0.641. The van der Waals surface area contributed by atoms with Crippen LogP contribution in [0.5, 0.6) is 0 Å². The SMILES string of the molecule is CCCCCCCCN(CCCCCCCC)C[C@@H]1O[C@H](c2ccc(NC(=O)CCC(=O)O)cc2)O[C@H](c2ccc(CO)cc2)[C@@H]1C. The lowest BCUT2D eigenvalue weighted by Gasteiger charge is -2.43. The normalized spacial score (nSPS) is 19.6. The van der Waals surface area contributed by atoms with Crippen molar-refractivity contribution in [3.05, 3.63) is 65.2 Å². The molecule has 47 heavy (non-hydrogen) atoms. The van der Waals surface area contributed by atoms with E-state index in [-0.39, 0.29) is 43.5 Å². The molecule has 262 valence electrons. The molecule has 4 atom stereocenters. The first-order chi connectivity index (χ1) is 22.8. The van der Waals surface area contributed by atoms with Gasteiger partial charge < -0.3 is 29.9 Å². The van der Waals surface area contributed by atoms with Crippen molar-refractivity contribution < 1.29 is 29.3 Å². The molecule has 1 saturated heterocycles. The van der Waals surface area contributed by atoms with Crippen LogP contribution in [0.15, 0.2) is 48.5 Å². The summed E-state index contributed by atoms with van der Waals surface area (Å²) in [7, 11) is 0. The second-order valence-electron chi connectivity index (χ2n) is 13.2. The number of ether oxygens (including phenoxy) is 2. The molecule has 0 spiro atoms. The molecule has 0 saturated carbocycles. The van der Waals surface area contributed by atoms with Crippen molar-refractivity contribution >= 4 is 17.6 Å². The van der Waals surface area contributed by atoms with Crippen molar-refractivity contribution in [2.75, 3.05) is 25.0 Å².